The molecule has 7 nitrogen and oxygen atoms in total. The molecule has 0 spiro atoms. The van der Waals surface area contributed by atoms with E-state index in [1.807, 2.05) is 20.0 Å². The molecule has 0 radical (unpaired) electrons. The number of hydrogen-bond acceptors (Lipinski definition) is 6. The standard InChI is InChI=1S/C26H32F2N6O/c1-15-16(2)31-25-23(30-15)22(17-5-8-26(28,14-27)9-6-17)32-24(33-25)18-7-10-35-21(11-18)19-12-29-34(13-19)20-3-4-20/h12-13,17-18,20-21H,3-11,14H2,1-2H3/t17?,18-,21+,26?/m1/s1. The van der Waals surface area contributed by atoms with Gasteiger partial charge in [-0.2, -0.15) is 5.10 Å². The Kier molecular flexibility index (Phi) is 5.78. The van der Waals surface area contributed by atoms with Gasteiger partial charge in [-0.25, -0.2) is 28.7 Å². The summed E-state index contributed by atoms with van der Waals surface area (Å²) in [6.45, 7) is 3.57. The van der Waals surface area contributed by atoms with Gasteiger partial charge in [0.15, 0.2) is 5.65 Å². The molecule has 0 aromatic carbocycles. The molecule has 4 heterocycles. The normalized spacial score (nSPS) is 29.5. The number of fused-ring (bicyclic) bond motifs is 1. The minimum Gasteiger partial charge on any atom is -0.373 e. The fraction of sp³-hybridized carbons (Fsp3) is 0.654. The molecule has 1 saturated heterocycles. The monoisotopic (exact) mass is 482 g/mol. The van der Waals surface area contributed by atoms with Crippen LogP contribution in [0.25, 0.3) is 11.2 Å². The molecule has 35 heavy (non-hydrogen) atoms. The van der Waals surface area contributed by atoms with Crippen LogP contribution in [0.4, 0.5) is 8.78 Å². The molecule has 9 heteroatoms. The predicted octanol–water partition coefficient (Wildman–Crippen LogP) is 5.54. The van der Waals surface area contributed by atoms with E-state index in [9.17, 15) is 8.78 Å². The van der Waals surface area contributed by atoms with Gasteiger partial charge in [-0.15, -0.1) is 0 Å². The third-order valence-corrected chi connectivity index (χ3v) is 8.06. The molecule has 6 rings (SSSR count). The second-order valence-corrected chi connectivity index (χ2v) is 10.7. The van der Waals surface area contributed by atoms with E-state index in [0.29, 0.717) is 36.7 Å². The Hall–Kier alpha value is -2.55. The first kappa shape index (κ1) is 22.9. The Morgan fingerprint density at radius 1 is 1.00 bits per heavy atom. The Balaban J connectivity index is 1.32. The number of rotatable bonds is 5. The molecule has 2 atom stereocenters. The van der Waals surface area contributed by atoms with Gasteiger partial charge in [-0.3, -0.25) is 4.68 Å². The molecular weight excluding hydrogens is 450 g/mol. The lowest BCUT2D eigenvalue weighted by molar-refractivity contribution is 0.00388. The highest BCUT2D eigenvalue weighted by Gasteiger charge is 2.38. The van der Waals surface area contributed by atoms with Gasteiger partial charge in [-0.05, 0) is 65.2 Å². The van der Waals surface area contributed by atoms with Crippen LogP contribution < -0.4 is 0 Å². The van der Waals surface area contributed by atoms with Crippen LogP contribution in [-0.2, 0) is 4.74 Å². The van der Waals surface area contributed by atoms with Gasteiger partial charge < -0.3 is 4.74 Å². The maximum Gasteiger partial charge on any atom is 0.182 e. The summed E-state index contributed by atoms with van der Waals surface area (Å²) in [5.41, 5.74) is 3.21. The molecule has 0 bridgehead atoms. The summed E-state index contributed by atoms with van der Waals surface area (Å²) in [5.74, 6) is 0.910. The van der Waals surface area contributed by atoms with Gasteiger partial charge >= 0.3 is 0 Å². The SMILES string of the molecule is Cc1nc2nc([C@@H]3CCO[C@H](c4cnn(C5CC5)c4)C3)nc(C3CCC(F)(CF)CC3)c2nc1C. The maximum absolute atomic E-state index is 14.6. The van der Waals surface area contributed by atoms with E-state index >= 15 is 0 Å². The topological polar surface area (TPSA) is 78.6 Å². The van der Waals surface area contributed by atoms with E-state index in [2.05, 4.69) is 16.0 Å². The van der Waals surface area contributed by atoms with E-state index < -0.39 is 12.3 Å². The molecular formula is C26H32F2N6O. The lowest BCUT2D eigenvalue weighted by atomic mass is 9.79. The van der Waals surface area contributed by atoms with Gasteiger partial charge in [0, 0.05) is 30.2 Å². The predicted molar refractivity (Wildman–Crippen MR) is 127 cm³/mol. The zero-order chi connectivity index (χ0) is 24.2. The molecule has 1 aliphatic heterocycles. The number of ether oxygens (including phenoxy) is 1. The van der Waals surface area contributed by atoms with Crippen LogP contribution in [0, 0.1) is 13.8 Å². The van der Waals surface area contributed by atoms with Crippen molar-refractivity contribution in [1.82, 2.24) is 29.7 Å². The second-order valence-electron chi connectivity index (χ2n) is 10.7. The average Bonchev–Trinajstić information content (AvgIpc) is 3.61. The first-order chi connectivity index (χ1) is 16.9. The minimum atomic E-state index is -1.71. The van der Waals surface area contributed by atoms with Crippen LogP contribution in [0.2, 0.25) is 0 Å². The largest absolute Gasteiger partial charge is 0.373 e. The summed E-state index contributed by atoms with van der Waals surface area (Å²) in [4.78, 5) is 19.5. The summed E-state index contributed by atoms with van der Waals surface area (Å²) in [5, 5.41) is 4.53. The first-order valence-corrected chi connectivity index (χ1v) is 12.9. The molecule has 0 unspecified atom stereocenters. The van der Waals surface area contributed by atoms with E-state index in [1.165, 1.54) is 12.8 Å². The summed E-state index contributed by atoms with van der Waals surface area (Å²) in [7, 11) is 0. The molecule has 0 N–H and O–H groups in total. The lowest BCUT2D eigenvalue weighted by Gasteiger charge is -2.32. The number of halogens is 2. The van der Waals surface area contributed by atoms with Crippen LogP contribution in [0.3, 0.4) is 0 Å². The highest BCUT2D eigenvalue weighted by atomic mass is 19.2. The molecule has 3 aromatic heterocycles. The number of aryl methyl sites for hydroxylation is 2. The van der Waals surface area contributed by atoms with Crippen molar-refractivity contribution >= 4 is 11.2 Å². The van der Waals surface area contributed by atoms with Gasteiger partial charge in [0.2, 0.25) is 0 Å². The number of alkyl halides is 2. The molecule has 186 valence electrons. The van der Waals surface area contributed by atoms with Crippen LogP contribution in [0.15, 0.2) is 12.4 Å². The Morgan fingerprint density at radius 2 is 1.77 bits per heavy atom. The number of aromatic nitrogens is 6. The van der Waals surface area contributed by atoms with Gasteiger partial charge in [0.05, 0.1) is 35.4 Å². The molecule has 0 amide bonds. The summed E-state index contributed by atoms with van der Waals surface area (Å²) in [6, 6.07) is 0.538. The van der Waals surface area contributed by atoms with Crippen LogP contribution in [0.5, 0.6) is 0 Å². The Bertz CT molecular complexity index is 1230. The van der Waals surface area contributed by atoms with Crippen LogP contribution in [-0.4, -0.2) is 48.7 Å². The fourth-order valence-corrected chi connectivity index (χ4v) is 5.48. The lowest BCUT2D eigenvalue weighted by Crippen LogP contribution is -2.31. The third kappa shape index (κ3) is 4.43. The summed E-state index contributed by atoms with van der Waals surface area (Å²) < 4.78 is 36.0. The van der Waals surface area contributed by atoms with Crippen molar-refractivity contribution in [1.29, 1.82) is 0 Å². The highest BCUT2D eigenvalue weighted by molar-refractivity contribution is 5.73. The average molecular weight is 483 g/mol. The van der Waals surface area contributed by atoms with Crippen molar-refractivity contribution in [2.75, 3.05) is 13.3 Å². The molecule has 3 aliphatic rings. The van der Waals surface area contributed by atoms with E-state index in [4.69, 9.17) is 24.7 Å². The quantitative estimate of drug-likeness (QED) is 0.475. The van der Waals surface area contributed by atoms with E-state index in [-0.39, 0.29) is 30.8 Å². The zero-order valence-electron chi connectivity index (χ0n) is 20.4. The maximum atomic E-state index is 14.6. The molecule has 3 aromatic rings. The van der Waals surface area contributed by atoms with Crippen molar-refractivity contribution in [2.45, 2.75) is 94.9 Å². The minimum absolute atomic E-state index is 0.0264. The van der Waals surface area contributed by atoms with E-state index in [0.717, 1.165) is 41.3 Å². The van der Waals surface area contributed by atoms with Gasteiger partial charge in [0.25, 0.3) is 0 Å². The summed E-state index contributed by atoms with van der Waals surface area (Å²) in [6.07, 6.45) is 9.51. The fourth-order valence-electron chi connectivity index (χ4n) is 5.48. The molecule has 3 fully saturated rings. The van der Waals surface area contributed by atoms with Crippen LogP contribution in [0.1, 0.15) is 104 Å². The number of hydrogen-bond donors (Lipinski definition) is 0. The Labute approximate surface area is 203 Å². The van der Waals surface area contributed by atoms with Crippen LogP contribution >= 0.6 is 0 Å². The smallest absolute Gasteiger partial charge is 0.182 e. The molecule has 2 aliphatic carbocycles. The highest BCUT2D eigenvalue weighted by Crippen LogP contribution is 2.43. The first-order valence-electron chi connectivity index (χ1n) is 12.9. The molecule has 2 saturated carbocycles. The van der Waals surface area contributed by atoms with Crippen molar-refractivity contribution in [3.63, 3.8) is 0 Å². The van der Waals surface area contributed by atoms with E-state index in [1.54, 1.807) is 0 Å². The van der Waals surface area contributed by atoms with Gasteiger partial charge in [0.1, 0.15) is 23.7 Å². The second kappa shape index (κ2) is 8.84. The zero-order valence-corrected chi connectivity index (χ0v) is 20.4. The number of nitrogens with zero attached hydrogens (tertiary/aromatic N) is 6. The van der Waals surface area contributed by atoms with Crippen molar-refractivity contribution in [2.24, 2.45) is 0 Å². The Morgan fingerprint density at radius 3 is 2.51 bits per heavy atom. The van der Waals surface area contributed by atoms with Crippen molar-refractivity contribution in [3.05, 3.63) is 40.9 Å². The van der Waals surface area contributed by atoms with Gasteiger partial charge in [-0.1, -0.05) is 0 Å². The van der Waals surface area contributed by atoms with Crippen molar-refractivity contribution in [3.8, 4) is 0 Å². The third-order valence-electron chi connectivity index (χ3n) is 8.06. The van der Waals surface area contributed by atoms with Crippen molar-refractivity contribution < 1.29 is 13.5 Å². The summed E-state index contributed by atoms with van der Waals surface area (Å²) >= 11 is 0.